The number of hydrogen-bond donors (Lipinski definition) is 2. The van der Waals surface area contributed by atoms with Crippen LogP contribution in [-0.4, -0.2) is 30.9 Å². The summed E-state index contributed by atoms with van der Waals surface area (Å²) in [5.41, 5.74) is 12.0. The fourth-order valence-corrected chi connectivity index (χ4v) is 3.70. The maximum absolute atomic E-state index is 11.7. The molecule has 3 rings (SSSR count). The second-order valence-electron chi connectivity index (χ2n) is 6.58. The van der Waals surface area contributed by atoms with Gasteiger partial charge in [-0.1, -0.05) is 12.2 Å². The number of nitrogens with one attached hydrogen (secondary N) is 1. The van der Waals surface area contributed by atoms with Crippen LogP contribution in [-0.2, 0) is 11.2 Å². The van der Waals surface area contributed by atoms with Crippen molar-refractivity contribution in [3.63, 3.8) is 0 Å². The van der Waals surface area contributed by atoms with Crippen molar-refractivity contribution in [2.24, 2.45) is 5.73 Å². The molecule has 2 amide bonds. The van der Waals surface area contributed by atoms with Gasteiger partial charge in [-0.2, -0.15) is 0 Å². The molecule has 1 aliphatic carbocycles. The number of allylic oxidation sites excluding steroid dienone is 2. The van der Waals surface area contributed by atoms with Crippen LogP contribution in [0.4, 0.5) is 5.69 Å². The van der Waals surface area contributed by atoms with E-state index in [2.05, 4.69) is 30.6 Å². The van der Waals surface area contributed by atoms with Crippen LogP contribution in [0.25, 0.3) is 5.57 Å². The third kappa shape index (κ3) is 2.70. The highest BCUT2D eigenvalue weighted by Gasteiger charge is 2.30. The lowest BCUT2D eigenvalue weighted by atomic mass is 9.97. The average Bonchev–Trinajstić information content (AvgIpc) is 3.12. The fraction of sp³-hybridized carbons (Fsp3) is 0.368. The Morgan fingerprint density at radius 1 is 1.38 bits per heavy atom. The molecule has 5 nitrogen and oxygen atoms in total. The molecular formula is C19H23N3O2. The number of carbonyl (C=O) groups is 2. The first-order chi connectivity index (χ1) is 11.4. The van der Waals surface area contributed by atoms with E-state index in [4.69, 9.17) is 5.73 Å². The van der Waals surface area contributed by atoms with E-state index in [0.29, 0.717) is 5.56 Å². The van der Waals surface area contributed by atoms with Crippen LogP contribution in [0, 0.1) is 0 Å². The molecule has 5 heteroatoms. The topological polar surface area (TPSA) is 75.4 Å². The van der Waals surface area contributed by atoms with E-state index in [9.17, 15) is 9.59 Å². The SMILES string of the molecule is C=CC(=O)NC1CCN(c2ccc(C(N)=O)c3c2C(C)=C(C)C3)C1. The monoisotopic (exact) mass is 325 g/mol. The Bertz CT molecular complexity index is 764. The van der Waals surface area contributed by atoms with E-state index < -0.39 is 0 Å². The fourth-order valence-electron chi connectivity index (χ4n) is 3.70. The lowest BCUT2D eigenvalue weighted by molar-refractivity contribution is -0.117. The zero-order valence-corrected chi connectivity index (χ0v) is 14.2. The van der Waals surface area contributed by atoms with Gasteiger partial charge in [0.1, 0.15) is 0 Å². The molecule has 1 saturated heterocycles. The molecule has 24 heavy (non-hydrogen) atoms. The third-order valence-electron chi connectivity index (χ3n) is 5.07. The molecule has 1 atom stereocenters. The molecule has 1 aromatic rings. The van der Waals surface area contributed by atoms with Crippen molar-refractivity contribution >= 4 is 23.1 Å². The third-order valence-corrected chi connectivity index (χ3v) is 5.07. The summed E-state index contributed by atoms with van der Waals surface area (Å²) in [6, 6.07) is 3.94. The van der Waals surface area contributed by atoms with E-state index in [1.807, 2.05) is 12.1 Å². The predicted octanol–water partition coefficient (Wildman–Crippen LogP) is 2.02. The maximum Gasteiger partial charge on any atom is 0.249 e. The molecule has 1 heterocycles. The quantitative estimate of drug-likeness (QED) is 0.832. The Hall–Kier alpha value is -2.56. The standard InChI is InChI=1S/C19H23N3O2/c1-4-17(23)21-13-7-8-22(10-13)16-6-5-14(19(20)24)15-9-11(2)12(3)18(15)16/h4-6,13H,1,7-10H2,2-3H3,(H2,20,24)(H,21,23). The number of rotatable bonds is 4. The van der Waals surface area contributed by atoms with Gasteiger partial charge in [0.15, 0.2) is 0 Å². The average molecular weight is 325 g/mol. The molecule has 1 aliphatic heterocycles. The Morgan fingerprint density at radius 2 is 2.12 bits per heavy atom. The zero-order chi connectivity index (χ0) is 17.4. The second-order valence-corrected chi connectivity index (χ2v) is 6.58. The van der Waals surface area contributed by atoms with Gasteiger partial charge in [-0.3, -0.25) is 9.59 Å². The van der Waals surface area contributed by atoms with Gasteiger partial charge in [0.25, 0.3) is 0 Å². The molecule has 1 fully saturated rings. The van der Waals surface area contributed by atoms with Gasteiger partial charge in [-0.15, -0.1) is 0 Å². The van der Waals surface area contributed by atoms with Crippen LogP contribution in [0.3, 0.4) is 0 Å². The van der Waals surface area contributed by atoms with Gasteiger partial charge >= 0.3 is 0 Å². The number of primary amides is 1. The molecular weight excluding hydrogens is 302 g/mol. The minimum Gasteiger partial charge on any atom is -0.369 e. The van der Waals surface area contributed by atoms with Crippen molar-refractivity contribution in [2.45, 2.75) is 32.7 Å². The lowest BCUT2D eigenvalue weighted by Crippen LogP contribution is -2.36. The number of hydrogen-bond acceptors (Lipinski definition) is 3. The summed E-state index contributed by atoms with van der Waals surface area (Å²) >= 11 is 0. The van der Waals surface area contributed by atoms with Crippen molar-refractivity contribution in [3.8, 4) is 0 Å². The number of amides is 2. The Morgan fingerprint density at radius 3 is 2.79 bits per heavy atom. The first-order valence-corrected chi connectivity index (χ1v) is 8.22. The van der Waals surface area contributed by atoms with Gasteiger partial charge in [0, 0.05) is 35.9 Å². The number of anilines is 1. The predicted molar refractivity (Wildman–Crippen MR) is 95.9 cm³/mol. The van der Waals surface area contributed by atoms with Crippen LogP contribution in [0.2, 0.25) is 0 Å². The maximum atomic E-state index is 11.7. The van der Waals surface area contributed by atoms with Crippen LogP contribution in [0.1, 0.15) is 41.8 Å². The lowest BCUT2D eigenvalue weighted by Gasteiger charge is -2.23. The van der Waals surface area contributed by atoms with Gasteiger partial charge < -0.3 is 16.0 Å². The molecule has 1 aromatic carbocycles. The number of nitrogens with zero attached hydrogens (tertiary/aromatic N) is 1. The molecule has 0 radical (unpaired) electrons. The summed E-state index contributed by atoms with van der Waals surface area (Å²) in [5.74, 6) is -0.513. The molecule has 0 bridgehead atoms. The minimum atomic E-state index is -0.377. The number of carbonyl (C=O) groups excluding carboxylic acids is 2. The van der Waals surface area contributed by atoms with E-state index in [1.165, 1.54) is 17.2 Å². The van der Waals surface area contributed by atoms with Crippen molar-refractivity contribution in [1.82, 2.24) is 5.32 Å². The number of fused-ring (bicyclic) bond motifs is 1. The summed E-state index contributed by atoms with van der Waals surface area (Å²) in [6.07, 6.45) is 2.98. The summed E-state index contributed by atoms with van der Waals surface area (Å²) in [6.45, 7) is 9.32. The van der Waals surface area contributed by atoms with Crippen molar-refractivity contribution < 1.29 is 9.59 Å². The minimum absolute atomic E-state index is 0.119. The van der Waals surface area contributed by atoms with E-state index in [-0.39, 0.29) is 17.9 Å². The zero-order valence-electron chi connectivity index (χ0n) is 14.2. The first-order valence-electron chi connectivity index (χ1n) is 8.22. The molecule has 126 valence electrons. The van der Waals surface area contributed by atoms with Gasteiger partial charge in [-0.25, -0.2) is 0 Å². The largest absolute Gasteiger partial charge is 0.369 e. The van der Waals surface area contributed by atoms with Gasteiger partial charge in [0.2, 0.25) is 11.8 Å². The van der Waals surface area contributed by atoms with Crippen LogP contribution < -0.4 is 16.0 Å². The summed E-state index contributed by atoms with van der Waals surface area (Å²) in [4.78, 5) is 25.5. The molecule has 2 aliphatic rings. The highest BCUT2D eigenvalue weighted by molar-refractivity contribution is 5.99. The number of benzene rings is 1. The van der Waals surface area contributed by atoms with Crippen LogP contribution >= 0.6 is 0 Å². The summed E-state index contributed by atoms with van der Waals surface area (Å²) < 4.78 is 0. The van der Waals surface area contributed by atoms with Crippen LogP contribution in [0.5, 0.6) is 0 Å². The van der Waals surface area contributed by atoms with Gasteiger partial charge in [-0.05, 0) is 56.0 Å². The molecule has 3 N–H and O–H groups in total. The van der Waals surface area contributed by atoms with Crippen molar-refractivity contribution in [1.29, 1.82) is 0 Å². The molecule has 1 unspecified atom stereocenters. The highest BCUT2D eigenvalue weighted by Crippen LogP contribution is 2.41. The van der Waals surface area contributed by atoms with E-state index in [1.54, 1.807) is 0 Å². The summed E-state index contributed by atoms with van der Waals surface area (Å²) in [5, 5.41) is 2.96. The molecule has 0 saturated carbocycles. The normalized spacial score (nSPS) is 19.4. The first kappa shape index (κ1) is 16.3. The second kappa shape index (κ2) is 6.15. The highest BCUT2D eigenvalue weighted by atomic mass is 16.1. The van der Waals surface area contributed by atoms with E-state index in [0.717, 1.165) is 42.7 Å². The molecule has 0 spiro atoms. The van der Waals surface area contributed by atoms with E-state index >= 15 is 0 Å². The number of nitrogens with two attached hydrogens (primary N) is 1. The smallest absolute Gasteiger partial charge is 0.249 e. The Labute approximate surface area is 142 Å². The van der Waals surface area contributed by atoms with Crippen LogP contribution in [0.15, 0.2) is 30.4 Å². The molecule has 0 aromatic heterocycles. The van der Waals surface area contributed by atoms with Crippen molar-refractivity contribution in [3.05, 3.63) is 47.1 Å². The van der Waals surface area contributed by atoms with Gasteiger partial charge in [0.05, 0.1) is 0 Å². The van der Waals surface area contributed by atoms with Crippen molar-refractivity contribution in [2.75, 3.05) is 18.0 Å². The summed E-state index contributed by atoms with van der Waals surface area (Å²) in [7, 11) is 0. The Balaban J connectivity index is 1.93. The Kier molecular flexibility index (Phi) is 4.18.